The molecule has 0 aliphatic carbocycles. The Kier molecular flexibility index (Phi) is 2.57. The summed E-state index contributed by atoms with van der Waals surface area (Å²) in [6, 6.07) is 0.843. The van der Waals surface area contributed by atoms with Crippen molar-refractivity contribution >= 4 is 11.7 Å². The summed E-state index contributed by atoms with van der Waals surface area (Å²) in [5, 5.41) is 8.42. The molecule has 15 heavy (non-hydrogen) atoms. The summed E-state index contributed by atoms with van der Waals surface area (Å²) in [5.41, 5.74) is 1.71. The number of halogens is 4. The molecule has 0 atom stereocenters. The average molecular weight is 223 g/mol. The first-order chi connectivity index (χ1) is 6.73. The fourth-order valence-electron chi connectivity index (χ4n) is 1.05. The van der Waals surface area contributed by atoms with Gasteiger partial charge in [-0.1, -0.05) is 0 Å². The Bertz CT molecular complexity index is 391. The highest BCUT2D eigenvalue weighted by atomic mass is 19.4. The van der Waals surface area contributed by atoms with Gasteiger partial charge in [0.25, 0.3) is 0 Å². The van der Waals surface area contributed by atoms with Gasteiger partial charge in [0.05, 0.1) is 5.56 Å². The Morgan fingerprint density at radius 1 is 1.33 bits per heavy atom. The van der Waals surface area contributed by atoms with Gasteiger partial charge in [-0.15, -0.1) is 0 Å². The minimum absolute atomic E-state index is 0.279. The number of hydrogen-bond acceptors (Lipinski definition) is 2. The molecule has 7 heteroatoms. The molecule has 0 amide bonds. The third-order valence-electron chi connectivity index (χ3n) is 1.65. The lowest BCUT2D eigenvalue weighted by molar-refractivity contribution is -0.139. The van der Waals surface area contributed by atoms with Gasteiger partial charge >= 0.3 is 12.1 Å². The summed E-state index contributed by atoms with van der Waals surface area (Å²) in [4.78, 5) is 10.4. The van der Waals surface area contributed by atoms with Crippen LogP contribution < -0.4 is 5.73 Å². The molecule has 0 spiro atoms. The van der Waals surface area contributed by atoms with E-state index in [2.05, 4.69) is 0 Å². The number of hydrogen-bond donors (Lipinski definition) is 2. The molecule has 0 radical (unpaired) electrons. The summed E-state index contributed by atoms with van der Waals surface area (Å²) in [6.07, 6.45) is -4.94. The molecule has 1 aromatic rings. The molecule has 0 saturated heterocycles. The van der Waals surface area contributed by atoms with E-state index < -0.39 is 34.8 Å². The maximum absolute atomic E-state index is 12.9. The van der Waals surface area contributed by atoms with Crippen molar-refractivity contribution in [2.24, 2.45) is 0 Å². The number of alkyl halides is 3. The Balaban J connectivity index is 3.41. The number of carboxylic acid groups (broad SMARTS) is 1. The second-order valence-corrected chi connectivity index (χ2v) is 2.73. The number of anilines is 1. The standard InChI is InChI=1S/C8H5F4NO2/c9-4-1-3(7(14)15)2-5(13)6(4)8(10,11)12/h1-2H,13H2,(H,14,15). The van der Waals surface area contributed by atoms with Crippen molar-refractivity contribution in [2.45, 2.75) is 6.18 Å². The third kappa shape index (κ3) is 2.17. The number of rotatable bonds is 1. The monoisotopic (exact) mass is 223 g/mol. The summed E-state index contributed by atoms with van der Waals surface area (Å²) in [5.74, 6) is -3.24. The minimum Gasteiger partial charge on any atom is -0.478 e. The van der Waals surface area contributed by atoms with E-state index in [0.29, 0.717) is 6.07 Å². The molecule has 0 aliphatic heterocycles. The minimum atomic E-state index is -4.94. The van der Waals surface area contributed by atoms with Crippen molar-refractivity contribution in [2.75, 3.05) is 5.73 Å². The largest absolute Gasteiger partial charge is 0.478 e. The van der Waals surface area contributed by atoms with Crippen LogP contribution in [0.5, 0.6) is 0 Å². The summed E-state index contributed by atoms with van der Waals surface area (Å²) >= 11 is 0. The quantitative estimate of drug-likeness (QED) is 0.566. The first kappa shape index (κ1) is 11.3. The highest BCUT2D eigenvalue weighted by Crippen LogP contribution is 2.36. The smallest absolute Gasteiger partial charge is 0.421 e. The lowest BCUT2D eigenvalue weighted by Gasteiger charge is -2.11. The lowest BCUT2D eigenvalue weighted by atomic mass is 10.1. The van der Waals surface area contributed by atoms with Crippen molar-refractivity contribution in [3.63, 3.8) is 0 Å². The summed E-state index contributed by atoms with van der Waals surface area (Å²) in [7, 11) is 0. The van der Waals surface area contributed by atoms with Crippen LogP contribution in [0.15, 0.2) is 12.1 Å². The Labute approximate surface area is 81.1 Å². The number of nitrogens with two attached hydrogens (primary N) is 1. The van der Waals surface area contributed by atoms with Gasteiger partial charge in [0.1, 0.15) is 11.4 Å². The van der Waals surface area contributed by atoms with Gasteiger partial charge in [-0.2, -0.15) is 13.2 Å². The second kappa shape index (κ2) is 3.41. The molecule has 0 heterocycles. The van der Waals surface area contributed by atoms with Crippen molar-refractivity contribution in [3.05, 3.63) is 29.1 Å². The number of nitrogen functional groups attached to an aromatic ring is 1. The predicted molar refractivity (Wildman–Crippen MR) is 42.8 cm³/mol. The molecule has 3 N–H and O–H groups in total. The van der Waals surface area contributed by atoms with E-state index in [4.69, 9.17) is 10.8 Å². The highest BCUT2D eigenvalue weighted by molar-refractivity contribution is 5.89. The number of benzene rings is 1. The van der Waals surface area contributed by atoms with Gasteiger partial charge in [-0.25, -0.2) is 9.18 Å². The molecule has 0 bridgehead atoms. The number of aromatic carboxylic acids is 1. The van der Waals surface area contributed by atoms with Crippen LogP contribution in [0.1, 0.15) is 15.9 Å². The van der Waals surface area contributed by atoms with Crippen LogP contribution in [0.2, 0.25) is 0 Å². The van der Waals surface area contributed by atoms with Crippen molar-refractivity contribution in [1.82, 2.24) is 0 Å². The molecule has 0 saturated carbocycles. The zero-order chi connectivity index (χ0) is 11.8. The molecular weight excluding hydrogens is 218 g/mol. The predicted octanol–water partition coefficient (Wildman–Crippen LogP) is 2.12. The second-order valence-electron chi connectivity index (χ2n) is 2.73. The zero-order valence-electron chi connectivity index (χ0n) is 7.10. The molecule has 1 rings (SSSR count). The molecule has 3 nitrogen and oxygen atoms in total. The van der Waals surface area contributed by atoms with Crippen molar-refractivity contribution in [3.8, 4) is 0 Å². The van der Waals surface area contributed by atoms with Crippen LogP contribution in [0.25, 0.3) is 0 Å². The Morgan fingerprint density at radius 3 is 2.20 bits per heavy atom. The maximum Gasteiger partial charge on any atom is 0.421 e. The Hall–Kier alpha value is -1.79. The van der Waals surface area contributed by atoms with Crippen molar-refractivity contribution < 1.29 is 27.5 Å². The van der Waals surface area contributed by atoms with Gasteiger partial charge in [0, 0.05) is 5.69 Å². The van der Waals surface area contributed by atoms with Gasteiger partial charge < -0.3 is 10.8 Å². The fraction of sp³-hybridized carbons (Fsp3) is 0.125. The number of carboxylic acids is 1. The zero-order valence-corrected chi connectivity index (χ0v) is 7.10. The molecule has 0 fully saturated rings. The maximum atomic E-state index is 12.9. The number of carbonyl (C=O) groups is 1. The van der Waals surface area contributed by atoms with Crippen molar-refractivity contribution in [1.29, 1.82) is 0 Å². The van der Waals surface area contributed by atoms with Crippen LogP contribution in [0.3, 0.4) is 0 Å². The fourth-order valence-corrected chi connectivity index (χ4v) is 1.05. The van der Waals surface area contributed by atoms with Gasteiger partial charge in [0.15, 0.2) is 0 Å². The first-order valence-electron chi connectivity index (χ1n) is 3.63. The molecule has 0 unspecified atom stereocenters. The normalized spacial score (nSPS) is 11.5. The molecule has 82 valence electrons. The van der Waals surface area contributed by atoms with Crippen LogP contribution in [-0.2, 0) is 6.18 Å². The molecular formula is C8H5F4NO2. The van der Waals surface area contributed by atoms with E-state index in [9.17, 15) is 22.4 Å². The molecule has 0 aliphatic rings. The summed E-state index contributed by atoms with van der Waals surface area (Å²) < 4.78 is 49.4. The van der Waals surface area contributed by atoms with Gasteiger partial charge in [-0.3, -0.25) is 0 Å². The van der Waals surface area contributed by atoms with E-state index in [1.54, 1.807) is 0 Å². The topological polar surface area (TPSA) is 63.3 Å². The third-order valence-corrected chi connectivity index (χ3v) is 1.65. The van der Waals surface area contributed by atoms with Crippen LogP contribution in [0.4, 0.5) is 23.2 Å². The highest BCUT2D eigenvalue weighted by Gasteiger charge is 2.37. The Morgan fingerprint density at radius 2 is 1.87 bits per heavy atom. The van der Waals surface area contributed by atoms with Crippen LogP contribution >= 0.6 is 0 Å². The van der Waals surface area contributed by atoms with Gasteiger partial charge in [-0.05, 0) is 12.1 Å². The van der Waals surface area contributed by atoms with E-state index in [1.807, 2.05) is 0 Å². The molecule has 0 aromatic heterocycles. The first-order valence-corrected chi connectivity index (χ1v) is 3.63. The lowest BCUT2D eigenvalue weighted by Crippen LogP contribution is -2.13. The molecule has 1 aromatic carbocycles. The van der Waals surface area contributed by atoms with Gasteiger partial charge in [0.2, 0.25) is 0 Å². The van der Waals surface area contributed by atoms with Crippen LogP contribution in [0, 0.1) is 5.82 Å². The summed E-state index contributed by atoms with van der Waals surface area (Å²) in [6.45, 7) is 0. The SMILES string of the molecule is Nc1cc(C(=O)O)cc(F)c1C(F)(F)F. The van der Waals surface area contributed by atoms with E-state index in [-0.39, 0.29) is 6.07 Å². The van der Waals surface area contributed by atoms with E-state index >= 15 is 0 Å². The van der Waals surface area contributed by atoms with E-state index in [0.717, 1.165) is 0 Å². The average Bonchev–Trinajstić information content (AvgIpc) is 1.99. The van der Waals surface area contributed by atoms with E-state index in [1.165, 1.54) is 0 Å². The van der Waals surface area contributed by atoms with Crippen LogP contribution in [-0.4, -0.2) is 11.1 Å².